The summed E-state index contributed by atoms with van der Waals surface area (Å²) in [6.45, 7) is 0. The maximum atomic E-state index is 13.3. The number of thiazole rings is 1. The molecule has 88 valence electrons. The molecule has 2 aromatic rings. The number of carbonyl (C=O) groups is 1. The van der Waals surface area contributed by atoms with Crippen LogP contribution in [0.2, 0.25) is 4.34 Å². The minimum absolute atomic E-state index is 0.252. The number of aromatic nitrogens is 1. The molecule has 0 bridgehead atoms. The van der Waals surface area contributed by atoms with Crippen LogP contribution in [-0.4, -0.2) is 10.9 Å². The van der Waals surface area contributed by atoms with E-state index < -0.39 is 17.5 Å². The first-order chi connectivity index (χ1) is 8.06. The fourth-order valence-electron chi connectivity index (χ4n) is 1.15. The van der Waals surface area contributed by atoms with Gasteiger partial charge in [-0.3, -0.25) is 10.1 Å². The zero-order valence-corrected chi connectivity index (χ0v) is 9.78. The van der Waals surface area contributed by atoms with Crippen molar-refractivity contribution < 1.29 is 13.6 Å². The highest BCUT2D eigenvalue weighted by Gasteiger charge is 2.13. The highest BCUT2D eigenvalue weighted by atomic mass is 35.5. The molecule has 1 amide bonds. The van der Waals surface area contributed by atoms with Gasteiger partial charge in [0.05, 0.1) is 11.8 Å². The molecule has 1 aromatic carbocycles. The highest BCUT2D eigenvalue weighted by molar-refractivity contribution is 7.19. The van der Waals surface area contributed by atoms with Crippen molar-refractivity contribution in [3.05, 3.63) is 45.9 Å². The number of carbonyl (C=O) groups excluding carboxylic acids is 1. The van der Waals surface area contributed by atoms with Gasteiger partial charge >= 0.3 is 0 Å². The van der Waals surface area contributed by atoms with Gasteiger partial charge in [0.2, 0.25) is 0 Å². The van der Waals surface area contributed by atoms with E-state index in [1.807, 2.05) is 0 Å². The molecule has 17 heavy (non-hydrogen) atoms. The summed E-state index contributed by atoms with van der Waals surface area (Å²) in [4.78, 5) is 15.4. The van der Waals surface area contributed by atoms with Crippen molar-refractivity contribution in [2.75, 3.05) is 5.32 Å². The molecule has 0 fully saturated rings. The van der Waals surface area contributed by atoms with Gasteiger partial charge in [-0.05, 0) is 12.1 Å². The Morgan fingerprint density at radius 1 is 1.41 bits per heavy atom. The standard InChI is InChI=1S/C10H5ClF2N2OS/c11-8-4-14-10(17-8)15-9(16)6-2-1-5(12)3-7(6)13/h1-4H,(H,14,15,16). The Bertz CT molecular complexity index is 573. The van der Waals surface area contributed by atoms with Crippen molar-refractivity contribution in [2.24, 2.45) is 0 Å². The largest absolute Gasteiger partial charge is 0.298 e. The lowest BCUT2D eigenvalue weighted by Crippen LogP contribution is -2.13. The van der Waals surface area contributed by atoms with Crippen LogP contribution in [0.25, 0.3) is 0 Å². The van der Waals surface area contributed by atoms with E-state index in [2.05, 4.69) is 10.3 Å². The minimum Gasteiger partial charge on any atom is -0.298 e. The van der Waals surface area contributed by atoms with Crippen LogP contribution in [0.5, 0.6) is 0 Å². The van der Waals surface area contributed by atoms with E-state index in [1.54, 1.807) is 0 Å². The second kappa shape index (κ2) is 4.77. The first kappa shape index (κ1) is 11.9. The summed E-state index contributed by atoms with van der Waals surface area (Å²) in [6.07, 6.45) is 1.36. The Kier molecular flexibility index (Phi) is 3.35. The molecule has 0 atom stereocenters. The number of rotatable bonds is 2. The van der Waals surface area contributed by atoms with Gasteiger partial charge in [-0.1, -0.05) is 22.9 Å². The molecule has 0 aliphatic heterocycles. The highest BCUT2D eigenvalue weighted by Crippen LogP contribution is 2.23. The molecule has 3 nitrogen and oxygen atoms in total. The quantitative estimate of drug-likeness (QED) is 0.913. The van der Waals surface area contributed by atoms with Gasteiger partial charge < -0.3 is 0 Å². The maximum Gasteiger partial charge on any atom is 0.260 e. The van der Waals surface area contributed by atoms with E-state index in [4.69, 9.17) is 11.6 Å². The lowest BCUT2D eigenvalue weighted by molar-refractivity contribution is 0.102. The fraction of sp³-hybridized carbons (Fsp3) is 0. The van der Waals surface area contributed by atoms with Crippen LogP contribution in [0.3, 0.4) is 0 Å². The monoisotopic (exact) mass is 274 g/mol. The number of halogens is 3. The molecule has 7 heteroatoms. The van der Waals surface area contributed by atoms with E-state index in [-0.39, 0.29) is 10.7 Å². The molecule has 0 unspecified atom stereocenters. The van der Waals surface area contributed by atoms with Crippen molar-refractivity contribution in [3.63, 3.8) is 0 Å². The van der Waals surface area contributed by atoms with Crippen molar-refractivity contribution in [1.82, 2.24) is 4.98 Å². The zero-order valence-electron chi connectivity index (χ0n) is 8.21. The van der Waals surface area contributed by atoms with E-state index in [9.17, 15) is 13.6 Å². The zero-order chi connectivity index (χ0) is 12.4. The van der Waals surface area contributed by atoms with Crippen LogP contribution in [-0.2, 0) is 0 Å². The van der Waals surface area contributed by atoms with Crippen molar-refractivity contribution >= 4 is 34.0 Å². The molecule has 0 saturated heterocycles. The smallest absolute Gasteiger partial charge is 0.260 e. The third-order valence-corrected chi connectivity index (χ3v) is 2.90. The summed E-state index contributed by atoms with van der Waals surface area (Å²) in [6, 6.07) is 2.71. The first-order valence-electron chi connectivity index (χ1n) is 4.44. The molecular weight excluding hydrogens is 270 g/mol. The van der Waals surface area contributed by atoms with Crippen LogP contribution < -0.4 is 5.32 Å². The Balaban J connectivity index is 2.20. The van der Waals surface area contributed by atoms with Gasteiger partial charge in [0, 0.05) is 6.07 Å². The van der Waals surface area contributed by atoms with Gasteiger partial charge in [-0.2, -0.15) is 0 Å². The second-order valence-electron chi connectivity index (χ2n) is 3.05. The van der Waals surface area contributed by atoms with Gasteiger partial charge in [0.15, 0.2) is 5.13 Å². The minimum atomic E-state index is -0.926. The summed E-state index contributed by atoms with van der Waals surface area (Å²) in [5.41, 5.74) is -0.252. The molecule has 0 aliphatic rings. The van der Waals surface area contributed by atoms with E-state index in [1.165, 1.54) is 6.20 Å². The van der Waals surface area contributed by atoms with Crippen LogP contribution >= 0.6 is 22.9 Å². The van der Waals surface area contributed by atoms with Crippen molar-refractivity contribution in [1.29, 1.82) is 0 Å². The first-order valence-corrected chi connectivity index (χ1v) is 5.63. The molecule has 0 saturated carbocycles. The van der Waals surface area contributed by atoms with Gasteiger partial charge in [0.1, 0.15) is 16.0 Å². The Labute approximate surface area is 104 Å². The average molecular weight is 275 g/mol. The van der Waals surface area contributed by atoms with Crippen LogP contribution in [0.4, 0.5) is 13.9 Å². The average Bonchev–Trinajstić information content (AvgIpc) is 2.63. The van der Waals surface area contributed by atoms with Crippen LogP contribution in [0, 0.1) is 11.6 Å². The molecule has 0 aliphatic carbocycles. The summed E-state index contributed by atoms with van der Waals surface area (Å²) < 4.78 is 26.3. The number of benzene rings is 1. The molecule has 0 radical (unpaired) electrons. The Morgan fingerprint density at radius 2 is 2.18 bits per heavy atom. The molecule has 1 heterocycles. The molecule has 1 aromatic heterocycles. The number of hydrogen-bond acceptors (Lipinski definition) is 3. The van der Waals surface area contributed by atoms with E-state index in [0.717, 1.165) is 23.5 Å². The summed E-state index contributed by atoms with van der Waals surface area (Å²) in [5.74, 6) is -2.37. The SMILES string of the molecule is O=C(Nc1ncc(Cl)s1)c1ccc(F)cc1F. The summed E-state index contributed by atoms with van der Waals surface area (Å²) in [5, 5.41) is 2.61. The van der Waals surface area contributed by atoms with Crippen LogP contribution in [0.1, 0.15) is 10.4 Å². The van der Waals surface area contributed by atoms with E-state index in [0.29, 0.717) is 10.4 Å². The Morgan fingerprint density at radius 3 is 2.76 bits per heavy atom. The maximum absolute atomic E-state index is 13.3. The van der Waals surface area contributed by atoms with Gasteiger partial charge in [-0.15, -0.1) is 0 Å². The molecule has 0 spiro atoms. The lowest BCUT2D eigenvalue weighted by Gasteiger charge is -2.02. The van der Waals surface area contributed by atoms with Crippen molar-refractivity contribution in [2.45, 2.75) is 0 Å². The fourth-order valence-corrected chi connectivity index (χ4v) is 1.96. The summed E-state index contributed by atoms with van der Waals surface area (Å²) in [7, 11) is 0. The van der Waals surface area contributed by atoms with Crippen molar-refractivity contribution in [3.8, 4) is 0 Å². The molecule has 1 N–H and O–H groups in total. The summed E-state index contributed by atoms with van der Waals surface area (Å²) >= 11 is 6.67. The van der Waals surface area contributed by atoms with Gasteiger partial charge in [-0.25, -0.2) is 13.8 Å². The third-order valence-electron chi connectivity index (χ3n) is 1.87. The topological polar surface area (TPSA) is 42.0 Å². The lowest BCUT2D eigenvalue weighted by atomic mass is 10.2. The van der Waals surface area contributed by atoms with E-state index >= 15 is 0 Å². The van der Waals surface area contributed by atoms with Crippen LogP contribution in [0.15, 0.2) is 24.4 Å². The number of anilines is 1. The molecular formula is C10H5ClF2N2OS. The second-order valence-corrected chi connectivity index (χ2v) is 4.71. The number of hydrogen-bond donors (Lipinski definition) is 1. The molecule has 2 rings (SSSR count). The normalized spacial score (nSPS) is 10.3. The number of nitrogens with zero attached hydrogens (tertiary/aromatic N) is 1. The number of amides is 1. The predicted molar refractivity (Wildman–Crippen MR) is 61.4 cm³/mol. The third kappa shape index (κ3) is 2.78. The number of nitrogens with one attached hydrogen (secondary N) is 1. The van der Waals surface area contributed by atoms with Gasteiger partial charge in [0.25, 0.3) is 5.91 Å². The Hall–Kier alpha value is -1.53. The predicted octanol–water partition coefficient (Wildman–Crippen LogP) is 3.33.